The molecular formula is C13H14BrN5O4. The molecule has 2 amide bonds. The number of ether oxygens (including phenoxy) is 2. The summed E-state index contributed by atoms with van der Waals surface area (Å²) in [7, 11) is 0. The van der Waals surface area contributed by atoms with E-state index in [0.29, 0.717) is 28.1 Å². The van der Waals surface area contributed by atoms with Gasteiger partial charge >= 0.3 is 0 Å². The molecule has 1 aromatic carbocycles. The van der Waals surface area contributed by atoms with Crippen LogP contribution in [0.2, 0.25) is 0 Å². The first-order chi connectivity index (χ1) is 10.9. The largest absolute Gasteiger partial charge is 0.490 e. The maximum atomic E-state index is 11.4. The fourth-order valence-corrected chi connectivity index (χ4v) is 2.35. The highest BCUT2D eigenvalue weighted by Crippen LogP contribution is 2.38. The maximum Gasteiger partial charge on any atom is 0.271 e. The zero-order chi connectivity index (χ0) is 17.0. The van der Waals surface area contributed by atoms with Gasteiger partial charge in [-0.3, -0.25) is 9.59 Å². The van der Waals surface area contributed by atoms with Crippen molar-refractivity contribution in [1.29, 1.82) is 0 Å². The van der Waals surface area contributed by atoms with Gasteiger partial charge in [-0.25, -0.2) is 0 Å². The summed E-state index contributed by atoms with van der Waals surface area (Å²) >= 11 is 3.36. The predicted octanol–water partition coefficient (Wildman–Crippen LogP) is 0.596. The number of hydrogen-bond donors (Lipinski definition) is 3. The quantitative estimate of drug-likeness (QED) is 0.637. The van der Waals surface area contributed by atoms with Gasteiger partial charge in [-0.2, -0.15) is 15.4 Å². The van der Waals surface area contributed by atoms with Gasteiger partial charge in [-0.1, -0.05) is 0 Å². The van der Waals surface area contributed by atoms with Crippen LogP contribution in [0.25, 0.3) is 11.3 Å². The number of aromatic amines is 1. The van der Waals surface area contributed by atoms with Crippen LogP contribution in [0.4, 0.5) is 0 Å². The highest BCUT2D eigenvalue weighted by Gasteiger charge is 2.20. The van der Waals surface area contributed by atoms with E-state index in [0.717, 1.165) is 0 Å². The van der Waals surface area contributed by atoms with E-state index in [-0.39, 0.29) is 18.0 Å². The second-order valence-electron chi connectivity index (χ2n) is 4.35. The summed E-state index contributed by atoms with van der Waals surface area (Å²) in [5, 5.41) is 10.0. The van der Waals surface area contributed by atoms with Crippen molar-refractivity contribution in [3.63, 3.8) is 0 Å². The normalized spacial score (nSPS) is 10.3. The van der Waals surface area contributed by atoms with Crippen LogP contribution in [0, 0.1) is 0 Å². The second kappa shape index (κ2) is 7.09. The Morgan fingerprint density at radius 3 is 2.52 bits per heavy atom. The first-order valence-electron chi connectivity index (χ1n) is 6.52. The van der Waals surface area contributed by atoms with Gasteiger partial charge in [0.15, 0.2) is 23.8 Å². The monoisotopic (exact) mass is 383 g/mol. The summed E-state index contributed by atoms with van der Waals surface area (Å²) < 4.78 is 11.4. The summed E-state index contributed by atoms with van der Waals surface area (Å²) in [6.07, 6.45) is 0. The van der Waals surface area contributed by atoms with Gasteiger partial charge in [0.25, 0.3) is 11.8 Å². The van der Waals surface area contributed by atoms with Gasteiger partial charge in [0.2, 0.25) is 0 Å². The molecule has 23 heavy (non-hydrogen) atoms. The third-order valence-electron chi connectivity index (χ3n) is 2.74. The zero-order valence-corrected chi connectivity index (χ0v) is 13.7. The molecule has 0 aliphatic carbocycles. The van der Waals surface area contributed by atoms with Crippen LogP contribution < -0.4 is 20.9 Å². The molecule has 0 fully saturated rings. The average molecular weight is 384 g/mol. The molecule has 0 saturated heterocycles. The summed E-state index contributed by atoms with van der Waals surface area (Å²) in [5.74, 6) is -0.636. The molecule has 0 aliphatic rings. The number of carbonyl (C=O) groups is 2. The standard InChI is InChI=1S/C13H14BrN5O4/c1-2-22-8-3-6(11-12(13(16)21)18-19-17-11)7(14)4-9(8)23-5-10(15)20/h3-4H,2,5H2,1H3,(H2,15,20)(H2,16,21)(H,17,18,19). The minimum Gasteiger partial charge on any atom is -0.490 e. The number of hydrogen-bond acceptors (Lipinski definition) is 6. The summed E-state index contributed by atoms with van der Waals surface area (Å²) in [6.45, 7) is 1.88. The Bertz CT molecular complexity index is 746. The van der Waals surface area contributed by atoms with E-state index >= 15 is 0 Å². The number of benzene rings is 1. The second-order valence-corrected chi connectivity index (χ2v) is 5.21. The van der Waals surface area contributed by atoms with Crippen LogP contribution in [0.15, 0.2) is 16.6 Å². The smallest absolute Gasteiger partial charge is 0.271 e. The molecule has 9 nitrogen and oxygen atoms in total. The van der Waals surface area contributed by atoms with Crippen molar-refractivity contribution in [2.45, 2.75) is 6.92 Å². The van der Waals surface area contributed by atoms with Crippen molar-refractivity contribution in [3.8, 4) is 22.8 Å². The van der Waals surface area contributed by atoms with E-state index < -0.39 is 11.8 Å². The number of H-pyrrole nitrogens is 1. The summed E-state index contributed by atoms with van der Waals surface area (Å²) in [4.78, 5) is 22.3. The van der Waals surface area contributed by atoms with Gasteiger partial charge in [-0.05, 0) is 35.0 Å². The topological polar surface area (TPSA) is 146 Å². The fourth-order valence-electron chi connectivity index (χ4n) is 1.84. The van der Waals surface area contributed by atoms with Gasteiger partial charge in [0, 0.05) is 10.0 Å². The Hall–Kier alpha value is -2.62. The van der Waals surface area contributed by atoms with Gasteiger partial charge in [-0.15, -0.1) is 0 Å². The molecule has 10 heteroatoms. The molecule has 1 heterocycles. The van der Waals surface area contributed by atoms with E-state index in [1.165, 1.54) is 0 Å². The zero-order valence-electron chi connectivity index (χ0n) is 12.1. The molecule has 0 atom stereocenters. The third-order valence-corrected chi connectivity index (χ3v) is 3.40. The number of primary amides is 2. The fraction of sp³-hybridized carbons (Fsp3) is 0.231. The van der Waals surface area contributed by atoms with Gasteiger partial charge < -0.3 is 20.9 Å². The Morgan fingerprint density at radius 2 is 1.91 bits per heavy atom. The molecule has 0 unspecified atom stereocenters. The minimum atomic E-state index is -0.715. The molecule has 1 aromatic heterocycles. The van der Waals surface area contributed by atoms with E-state index in [1.54, 1.807) is 19.1 Å². The number of amides is 2. The number of rotatable bonds is 7. The molecule has 122 valence electrons. The summed E-state index contributed by atoms with van der Waals surface area (Å²) in [5.41, 5.74) is 11.1. The van der Waals surface area contributed by atoms with Crippen molar-refractivity contribution in [3.05, 3.63) is 22.3 Å². The lowest BCUT2D eigenvalue weighted by molar-refractivity contribution is -0.119. The highest BCUT2D eigenvalue weighted by molar-refractivity contribution is 9.10. The molecular weight excluding hydrogens is 370 g/mol. The number of nitrogens with two attached hydrogens (primary N) is 2. The third kappa shape index (κ3) is 3.77. The Morgan fingerprint density at radius 1 is 1.22 bits per heavy atom. The molecule has 0 spiro atoms. The van der Waals surface area contributed by atoms with Crippen molar-refractivity contribution in [2.75, 3.05) is 13.2 Å². The lowest BCUT2D eigenvalue weighted by Crippen LogP contribution is -2.20. The molecule has 5 N–H and O–H groups in total. The van der Waals surface area contributed by atoms with Crippen molar-refractivity contribution >= 4 is 27.7 Å². The number of nitrogens with zero attached hydrogens (tertiary/aromatic N) is 2. The molecule has 0 bridgehead atoms. The molecule has 0 saturated carbocycles. The first-order valence-corrected chi connectivity index (χ1v) is 7.31. The van der Waals surface area contributed by atoms with Crippen LogP contribution in [0.3, 0.4) is 0 Å². The van der Waals surface area contributed by atoms with E-state index in [2.05, 4.69) is 31.3 Å². The van der Waals surface area contributed by atoms with E-state index in [9.17, 15) is 9.59 Å². The first kappa shape index (κ1) is 16.7. The van der Waals surface area contributed by atoms with Crippen LogP contribution in [0.1, 0.15) is 17.4 Å². The van der Waals surface area contributed by atoms with Crippen molar-refractivity contribution in [2.24, 2.45) is 11.5 Å². The van der Waals surface area contributed by atoms with E-state index in [4.69, 9.17) is 20.9 Å². The predicted molar refractivity (Wildman–Crippen MR) is 83.9 cm³/mol. The Labute approximate surface area is 139 Å². The number of aromatic nitrogens is 3. The van der Waals surface area contributed by atoms with Crippen LogP contribution in [-0.2, 0) is 4.79 Å². The van der Waals surface area contributed by atoms with Crippen LogP contribution in [-0.4, -0.2) is 40.4 Å². The number of nitrogens with one attached hydrogen (secondary N) is 1. The molecule has 0 aliphatic heterocycles. The van der Waals surface area contributed by atoms with Crippen LogP contribution >= 0.6 is 15.9 Å². The SMILES string of the molecule is CCOc1cc(-c2n[nH]nc2C(N)=O)c(Br)cc1OCC(N)=O. The van der Waals surface area contributed by atoms with Crippen LogP contribution in [0.5, 0.6) is 11.5 Å². The number of carbonyl (C=O) groups excluding carboxylic acids is 2. The average Bonchev–Trinajstić information content (AvgIpc) is 2.96. The highest BCUT2D eigenvalue weighted by atomic mass is 79.9. The summed E-state index contributed by atoms with van der Waals surface area (Å²) in [6, 6.07) is 3.19. The maximum absolute atomic E-state index is 11.4. The lowest BCUT2D eigenvalue weighted by Gasteiger charge is -2.13. The van der Waals surface area contributed by atoms with Crippen molar-refractivity contribution in [1.82, 2.24) is 15.4 Å². The molecule has 2 aromatic rings. The minimum absolute atomic E-state index is 0.000970. The lowest BCUT2D eigenvalue weighted by atomic mass is 10.1. The Balaban J connectivity index is 2.49. The number of halogens is 1. The molecule has 0 radical (unpaired) electrons. The van der Waals surface area contributed by atoms with Gasteiger partial charge in [0.05, 0.1) is 6.61 Å². The molecule has 2 rings (SSSR count). The van der Waals surface area contributed by atoms with Gasteiger partial charge in [0.1, 0.15) is 5.69 Å². The Kier molecular flexibility index (Phi) is 5.16. The van der Waals surface area contributed by atoms with E-state index in [1.807, 2.05) is 0 Å². The van der Waals surface area contributed by atoms with Crippen molar-refractivity contribution < 1.29 is 19.1 Å².